The molecule has 32 heavy (non-hydrogen) atoms. The molecule has 4 rings (SSSR count). The minimum Gasteiger partial charge on any atom is -0.432 e. The van der Waals surface area contributed by atoms with Gasteiger partial charge in [0.05, 0.1) is 0 Å². The van der Waals surface area contributed by atoms with Crippen LogP contribution in [0.25, 0.3) is 10.8 Å². The van der Waals surface area contributed by atoms with Crippen LogP contribution in [0.5, 0.6) is 5.75 Å². The van der Waals surface area contributed by atoms with Crippen molar-refractivity contribution in [2.45, 2.75) is 90.1 Å². The van der Waals surface area contributed by atoms with E-state index in [1.54, 1.807) is 0 Å². The van der Waals surface area contributed by atoms with E-state index >= 15 is 0 Å². The Bertz CT molecular complexity index is 912. The molecule has 0 spiro atoms. The Labute approximate surface area is 188 Å². The van der Waals surface area contributed by atoms with Crippen molar-refractivity contribution in [1.82, 2.24) is 0 Å². The number of alkyl halides is 2. The molecule has 0 aliphatic heterocycles. The minimum atomic E-state index is -3.15. The van der Waals surface area contributed by atoms with E-state index in [0.717, 1.165) is 42.4 Å². The molecular formula is C27H34F4O. The minimum absolute atomic E-state index is 0.114. The summed E-state index contributed by atoms with van der Waals surface area (Å²) in [6.45, 7) is -0.897. The molecule has 0 bridgehead atoms. The summed E-state index contributed by atoms with van der Waals surface area (Å²) in [6, 6.07) is 5.48. The van der Waals surface area contributed by atoms with Gasteiger partial charge >= 0.3 is 6.61 Å². The smallest absolute Gasteiger partial charge is 0.387 e. The summed E-state index contributed by atoms with van der Waals surface area (Å²) in [5.41, 5.74) is 0.900. The fourth-order valence-electron chi connectivity index (χ4n) is 6.17. The molecule has 1 nitrogen and oxygen atoms in total. The molecule has 0 amide bonds. The number of hydrogen-bond donors (Lipinski definition) is 0. The third-order valence-electron chi connectivity index (χ3n) is 7.85. The van der Waals surface area contributed by atoms with Gasteiger partial charge in [-0.3, -0.25) is 0 Å². The molecule has 0 saturated heterocycles. The van der Waals surface area contributed by atoms with Crippen LogP contribution < -0.4 is 4.74 Å². The van der Waals surface area contributed by atoms with Crippen molar-refractivity contribution in [3.05, 3.63) is 41.5 Å². The fraction of sp³-hybridized carbons (Fsp3) is 0.630. The van der Waals surface area contributed by atoms with Gasteiger partial charge in [0.2, 0.25) is 0 Å². The van der Waals surface area contributed by atoms with Crippen LogP contribution in [-0.2, 0) is 0 Å². The molecule has 2 saturated carbocycles. The standard InChI is InChI=1S/C27H34F4O/c1-2-3-4-5-6-17-7-8-19-12-20(10-9-18(19)11-17)21-13-22-15-25(29)26(32-27(30)31)16-23(22)24(28)14-21/h13-20,27H,2-12H2,1H3/t17-,18?,19-,20?/m1/s1. The summed E-state index contributed by atoms with van der Waals surface area (Å²) in [7, 11) is 0. The summed E-state index contributed by atoms with van der Waals surface area (Å²) in [5.74, 6) is 0.605. The van der Waals surface area contributed by atoms with E-state index in [1.165, 1.54) is 63.9 Å². The Kier molecular flexibility index (Phi) is 7.63. The van der Waals surface area contributed by atoms with Crippen LogP contribution in [0, 0.1) is 29.4 Å². The predicted octanol–water partition coefficient (Wildman–Crippen LogP) is 8.99. The zero-order chi connectivity index (χ0) is 22.7. The number of rotatable bonds is 8. The van der Waals surface area contributed by atoms with Gasteiger partial charge in [0.15, 0.2) is 11.6 Å². The Hall–Kier alpha value is -1.78. The molecule has 2 aliphatic rings. The van der Waals surface area contributed by atoms with E-state index in [1.807, 2.05) is 6.07 Å². The second kappa shape index (κ2) is 10.4. The van der Waals surface area contributed by atoms with Crippen LogP contribution >= 0.6 is 0 Å². The Morgan fingerprint density at radius 3 is 2.44 bits per heavy atom. The van der Waals surface area contributed by atoms with Crippen molar-refractivity contribution < 1.29 is 22.3 Å². The first kappa shape index (κ1) is 23.4. The molecular weight excluding hydrogens is 416 g/mol. The Morgan fingerprint density at radius 2 is 1.66 bits per heavy atom. The highest BCUT2D eigenvalue weighted by atomic mass is 19.3. The maximum Gasteiger partial charge on any atom is 0.387 e. The van der Waals surface area contributed by atoms with Crippen LogP contribution in [0.15, 0.2) is 24.3 Å². The molecule has 2 unspecified atom stereocenters. The number of benzene rings is 2. The van der Waals surface area contributed by atoms with Gasteiger partial charge in [0, 0.05) is 5.39 Å². The van der Waals surface area contributed by atoms with Crippen LogP contribution in [0.2, 0.25) is 0 Å². The molecule has 0 radical (unpaired) electrons. The third-order valence-corrected chi connectivity index (χ3v) is 7.85. The van der Waals surface area contributed by atoms with Crippen LogP contribution in [0.4, 0.5) is 17.6 Å². The average molecular weight is 451 g/mol. The van der Waals surface area contributed by atoms with Crippen LogP contribution in [0.1, 0.15) is 89.0 Å². The summed E-state index contributed by atoms with van der Waals surface area (Å²) in [6.07, 6.45) is 13.9. The predicted molar refractivity (Wildman–Crippen MR) is 120 cm³/mol. The molecule has 2 aromatic rings. The normalized spacial score (nSPS) is 25.8. The monoisotopic (exact) mass is 450 g/mol. The number of fused-ring (bicyclic) bond motifs is 2. The van der Waals surface area contributed by atoms with Crippen molar-refractivity contribution in [3.8, 4) is 5.75 Å². The lowest BCUT2D eigenvalue weighted by atomic mass is 9.63. The van der Waals surface area contributed by atoms with E-state index in [0.29, 0.717) is 11.3 Å². The quantitative estimate of drug-likeness (QED) is 0.288. The van der Waals surface area contributed by atoms with E-state index in [4.69, 9.17) is 0 Å². The SMILES string of the molecule is CCCCCC[C@@H]1CC[C@@H]2CC(c3cc(F)c4cc(OC(F)F)c(F)cc4c3)CCC2C1. The summed E-state index contributed by atoms with van der Waals surface area (Å²) < 4.78 is 58.2. The van der Waals surface area contributed by atoms with Crippen molar-refractivity contribution in [2.75, 3.05) is 0 Å². The van der Waals surface area contributed by atoms with E-state index < -0.39 is 24.0 Å². The molecule has 2 fully saturated rings. The number of hydrogen-bond acceptors (Lipinski definition) is 1. The largest absolute Gasteiger partial charge is 0.432 e. The topological polar surface area (TPSA) is 9.23 Å². The van der Waals surface area contributed by atoms with Gasteiger partial charge < -0.3 is 4.74 Å². The average Bonchev–Trinajstić information content (AvgIpc) is 2.77. The maximum absolute atomic E-state index is 14.8. The van der Waals surface area contributed by atoms with E-state index in [2.05, 4.69) is 11.7 Å². The Morgan fingerprint density at radius 1 is 0.875 bits per heavy atom. The fourth-order valence-corrected chi connectivity index (χ4v) is 6.17. The van der Waals surface area contributed by atoms with Gasteiger partial charge in [0.1, 0.15) is 5.82 Å². The highest BCUT2D eigenvalue weighted by Crippen LogP contribution is 2.49. The first-order valence-corrected chi connectivity index (χ1v) is 12.3. The molecule has 2 aromatic carbocycles. The van der Waals surface area contributed by atoms with Gasteiger partial charge in [-0.05, 0) is 84.9 Å². The summed E-state index contributed by atoms with van der Waals surface area (Å²) in [4.78, 5) is 0. The highest BCUT2D eigenvalue weighted by Gasteiger charge is 2.36. The number of halogens is 4. The van der Waals surface area contributed by atoms with Crippen molar-refractivity contribution in [1.29, 1.82) is 0 Å². The van der Waals surface area contributed by atoms with Crippen LogP contribution in [0.3, 0.4) is 0 Å². The first-order valence-electron chi connectivity index (χ1n) is 12.3. The van der Waals surface area contributed by atoms with Gasteiger partial charge in [-0.15, -0.1) is 0 Å². The van der Waals surface area contributed by atoms with Crippen LogP contribution in [-0.4, -0.2) is 6.61 Å². The zero-order valence-corrected chi connectivity index (χ0v) is 18.9. The second-order valence-corrected chi connectivity index (χ2v) is 9.94. The third kappa shape index (κ3) is 5.40. The van der Waals surface area contributed by atoms with Gasteiger partial charge in [-0.25, -0.2) is 8.78 Å². The van der Waals surface area contributed by atoms with E-state index in [-0.39, 0.29) is 11.3 Å². The number of unbranched alkanes of at least 4 members (excludes halogenated alkanes) is 3. The molecule has 5 heteroatoms. The lowest BCUT2D eigenvalue weighted by molar-refractivity contribution is -0.0520. The highest BCUT2D eigenvalue weighted by molar-refractivity contribution is 5.85. The summed E-state index contributed by atoms with van der Waals surface area (Å²) in [5, 5.41) is 0.514. The number of ether oxygens (including phenoxy) is 1. The molecule has 176 valence electrons. The van der Waals surface area contributed by atoms with Gasteiger partial charge in [-0.1, -0.05) is 51.5 Å². The molecule has 0 N–H and O–H groups in total. The lowest BCUT2D eigenvalue weighted by Gasteiger charge is -2.42. The van der Waals surface area contributed by atoms with Gasteiger partial charge in [-0.2, -0.15) is 8.78 Å². The van der Waals surface area contributed by atoms with Gasteiger partial charge in [0.25, 0.3) is 0 Å². The molecule has 0 heterocycles. The zero-order valence-electron chi connectivity index (χ0n) is 18.9. The van der Waals surface area contributed by atoms with Crippen molar-refractivity contribution in [3.63, 3.8) is 0 Å². The second-order valence-electron chi connectivity index (χ2n) is 9.94. The van der Waals surface area contributed by atoms with Crippen molar-refractivity contribution in [2.24, 2.45) is 17.8 Å². The van der Waals surface area contributed by atoms with E-state index in [9.17, 15) is 17.6 Å². The summed E-state index contributed by atoms with van der Waals surface area (Å²) >= 11 is 0. The molecule has 2 aliphatic carbocycles. The van der Waals surface area contributed by atoms with Crippen molar-refractivity contribution >= 4 is 10.8 Å². The lowest BCUT2D eigenvalue weighted by Crippen LogP contribution is -2.30. The molecule has 0 aromatic heterocycles. The molecule has 4 atom stereocenters. The Balaban J connectivity index is 1.42. The maximum atomic E-state index is 14.8. The first-order chi connectivity index (χ1) is 15.4.